The van der Waals surface area contributed by atoms with Crippen LogP contribution < -0.4 is 11.1 Å². The van der Waals surface area contributed by atoms with Crippen molar-refractivity contribution in [2.24, 2.45) is 0 Å². The van der Waals surface area contributed by atoms with E-state index in [9.17, 15) is 4.79 Å². The van der Waals surface area contributed by atoms with Gasteiger partial charge in [-0.05, 0) is 42.8 Å². The van der Waals surface area contributed by atoms with E-state index < -0.39 is 5.97 Å². The summed E-state index contributed by atoms with van der Waals surface area (Å²) in [7, 11) is 0. The Morgan fingerprint density at radius 1 is 1.33 bits per heavy atom. The van der Waals surface area contributed by atoms with Gasteiger partial charge in [0, 0.05) is 5.69 Å². The number of carboxylic acid groups (broad SMARTS) is 1. The number of rotatable bonds is 3. The molecule has 18 heavy (non-hydrogen) atoms. The van der Waals surface area contributed by atoms with Crippen molar-refractivity contribution in [3.8, 4) is 0 Å². The van der Waals surface area contributed by atoms with Crippen LogP contribution in [0.1, 0.15) is 15.9 Å². The van der Waals surface area contributed by atoms with Gasteiger partial charge >= 0.3 is 5.97 Å². The highest BCUT2D eigenvalue weighted by Gasteiger charge is 2.06. The molecule has 0 fully saturated rings. The number of aromatic nitrogens is 1. The molecular weight excluding hydrogens is 230 g/mol. The summed E-state index contributed by atoms with van der Waals surface area (Å²) in [6.07, 6.45) is 1.56. The maximum atomic E-state index is 10.8. The fourth-order valence-corrected chi connectivity index (χ4v) is 1.55. The summed E-state index contributed by atoms with van der Waals surface area (Å²) in [5.41, 5.74) is 8.07. The van der Waals surface area contributed by atoms with Crippen molar-refractivity contribution in [3.63, 3.8) is 0 Å². The number of nitrogens with one attached hydrogen (secondary N) is 1. The average molecular weight is 243 g/mol. The highest BCUT2D eigenvalue weighted by atomic mass is 16.4. The SMILES string of the molecule is Cc1cc(C(=O)O)ccc1Nc1ccc(N)cn1. The van der Waals surface area contributed by atoms with Gasteiger partial charge in [0.05, 0.1) is 17.4 Å². The molecule has 0 atom stereocenters. The summed E-state index contributed by atoms with van der Waals surface area (Å²) in [5.74, 6) is -0.273. The lowest BCUT2D eigenvalue weighted by atomic mass is 10.1. The van der Waals surface area contributed by atoms with Crippen molar-refractivity contribution >= 4 is 23.2 Å². The van der Waals surface area contributed by atoms with Gasteiger partial charge in [-0.1, -0.05) is 0 Å². The number of nitrogens with zero attached hydrogens (tertiary/aromatic N) is 1. The zero-order valence-electron chi connectivity index (χ0n) is 9.84. The molecule has 92 valence electrons. The van der Waals surface area contributed by atoms with Crippen molar-refractivity contribution in [1.29, 1.82) is 0 Å². The summed E-state index contributed by atoms with van der Waals surface area (Å²) < 4.78 is 0. The summed E-state index contributed by atoms with van der Waals surface area (Å²) >= 11 is 0. The Morgan fingerprint density at radius 3 is 2.67 bits per heavy atom. The van der Waals surface area contributed by atoms with Gasteiger partial charge in [-0.15, -0.1) is 0 Å². The molecule has 0 amide bonds. The van der Waals surface area contributed by atoms with Gasteiger partial charge in [-0.2, -0.15) is 0 Å². The fourth-order valence-electron chi connectivity index (χ4n) is 1.55. The lowest BCUT2D eigenvalue weighted by Crippen LogP contribution is -2.00. The van der Waals surface area contributed by atoms with Crippen LogP contribution in [0.25, 0.3) is 0 Å². The first-order chi connectivity index (χ1) is 8.56. The molecule has 1 aromatic heterocycles. The minimum Gasteiger partial charge on any atom is -0.478 e. The van der Waals surface area contributed by atoms with Crippen molar-refractivity contribution in [2.45, 2.75) is 6.92 Å². The number of benzene rings is 1. The predicted octanol–water partition coefficient (Wildman–Crippen LogP) is 2.41. The van der Waals surface area contributed by atoms with E-state index in [1.807, 2.05) is 6.92 Å². The molecule has 5 heteroatoms. The minimum absolute atomic E-state index is 0.267. The molecule has 2 aromatic rings. The summed E-state index contributed by atoms with van der Waals surface area (Å²) in [5, 5.41) is 12.0. The lowest BCUT2D eigenvalue weighted by molar-refractivity contribution is 0.0697. The van der Waals surface area contributed by atoms with E-state index in [2.05, 4.69) is 10.3 Å². The molecule has 4 N–H and O–H groups in total. The van der Waals surface area contributed by atoms with Gasteiger partial charge in [0.15, 0.2) is 0 Å². The Balaban J connectivity index is 2.24. The van der Waals surface area contributed by atoms with E-state index in [0.717, 1.165) is 11.3 Å². The van der Waals surface area contributed by atoms with Crippen LogP contribution >= 0.6 is 0 Å². The lowest BCUT2D eigenvalue weighted by Gasteiger charge is -2.09. The maximum Gasteiger partial charge on any atom is 0.335 e. The third-order valence-electron chi connectivity index (χ3n) is 2.52. The normalized spacial score (nSPS) is 10.1. The number of nitrogen functional groups attached to an aromatic ring is 1. The van der Waals surface area contributed by atoms with Gasteiger partial charge in [0.25, 0.3) is 0 Å². The first kappa shape index (κ1) is 11.9. The van der Waals surface area contributed by atoms with E-state index in [0.29, 0.717) is 11.5 Å². The quantitative estimate of drug-likeness (QED) is 0.770. The highest BCUT2D eigenvalue weighted by Crippen LogP contribution is 2.20. The van der Waals surface area contributed by atoms with Crippen molar-refractivity contribution in [3.05, 3.63) is 47.7 Å². The molecule has 0 saturated heterocycles. The van der Waals surface area contributed by atoms with Crippen LogP contribution in [0, 0.1) is 6.92 Å². The van der Waals surface area contributed by atoms with Crippen molar-refractivity contribution in [2.75, 3.05) is 11.1 Å². The molecule has 0 aliphatic rings. The van der Waals surface area contributed by atoms with Crippen LogP contribution in [-0.2, 0) is 0 Å². The van der Waals surface area contributed by atoms with Crippen LogP contribution in [0.5, 0.6) is 0 Å². The summed E-state index contributed by atoms with van der Waals surface area (Å²) in [6, 6.07) is 8.39. The van der Waals surface area contributed by atoms with Crippen molar-refractivity contribution < 1.29 is 9.90 Å². The van der Waals surface area contributed by atoms with Gasteiger partial charge in [0.1, 0.15) is 5.82 Å². The van der Waals surface area contributed by atoms with Gasteiger partial charge in [0.2, 0.25) is 0 Å². The Bertz CT molecular complexity index is 579. The first-order valence-corrected chi connectivity index (χ1v) is 5.39. The van der Waals surface area contributed by atoms with E-state index in [4.69, 9.17) is 10.8 Å². The Labute approximate surface area is 104 Å². The average Bonchev–Trinajstić information content (AvgIpc) is 2.34. The third-order valence-corrected chi connectivity index (χ3v) is 2.52. The van der Waals surface area contributed by atoms with Gasteiger partial charge in [-0.25, -0.2) is 9.78 Å². The topological polar surface area (TPSA) is 88.2 Å². The highest BCUT2D eigenvalue weighted by molar-refractivity contribution is 5.88. The molecule has 5 nitrogen and oxygen atoms in total. The van der Waals surface area contributed by atoms with E-state index >= 15 is 0 Å². The second-order valence-corrected chi connectivity index (χ2v) is 3.94. The Kier molecular flexibility index (Phi) is 3.14. The van der Waals surface area contributed by atoms with E-state index in [1.54, 1.807) is 36.5 Å². The first-order valence-electron chi connectivity index (χ1n) is 5.39. The number of hydrogen-bond donors (Lipinski definition) is 3. The van der Waals surface area contributed by atoms with Gasteiger partial charge in [-0.3, -0.25) is 0 Å². The number of pyridine rings is 1. The van der Waals surface area contributed by atoms with E-state index in [1.165, 1.54) is 0 Å². The number of carbonyl (C=O) groups is 1. The van der Waals surface area contributed by atoms with Gasteiger partial charge < -0.3 is 16.2 Å². The molecule has 0 aliphatic heterocycles. The minimum atomic E-state index is -0.935. The second kappa shape index (κ2) is 4.75. The molecule has 0 bridgehead atoms. The molecule has 2 rings (SSSR count). The van der Waals surface area contributed by atoms with Crippen LogP contribution in [0.4, 0.5) is 17.2 Å². The molecule has 0 unspecified atom stereocenters. The Hall–Kier alpha value is -2.56. The smallest absolute Gasteiger partial charge is 0.335 e. The van der Waals surface area contributed by atoms with Crippen LogP contribution in [-0.4, -0.2) is 16.1 Å². The molecular formula is C13H13N3O2. The number of carboxylic acids is 1. The Morgan fingerprint density at radius 2 is 2.11 bits per heavy atom. The van der Waals surface area contributed by atoms with Crippen molar-refractivity contribution in [1.82, 2.24) is 4.98 Å². The van der Waals surface area contributed by atoms with Crippen LogP contribution in [0.2, 0.25) is 0 Å². The second-order valence-electron chi connectivity index (χ2n) is 3.94. The standard InChI is InChI=1S/C13H13N3O2/c1-8-6-9(13(17)18)2-4-11(8)16-12-5-3-10(14)7-15-12/h2-7H,14H2,1H3,(H,15,16)(H,17,18). The van der Waals surface area contributed by atoms with Crippen LogP contribution in [0.3, 0.4) is 0 Å². The number of anilines is 3. The number of hydrogen-bond acceptors (Lipinski definition) is 4. The molecule has 0 spiro atoms. The zero-order valence-corrected chi connectivity index (χ0v) is 9.84. The molecule has 0 aliphatic carbocycles. The predicted molar refractivity (Wildman–Crippen MR) is 70.1 cm³/mol. The van der Waals surface area contributed by atoms with E-state index in [-0.39, 0.29) is 5.56 Å². The maximum absolute atomic E-state index is 10.8. The number of nitrogens with two attached hydrogens (primary N) is 1. The molecule has 0 radical (unpaired) electrons. The largest absolute Gasteiger partial charge is 0.478 e. The molecule has 1 aromatic carbocycles. The number of aromatic carboxylic acids is 1. The van der Waals surface area contributed by atoms with Crippen LogP contribution in [0.15, 0.2) is 36.5 Å². The zero-order chi connectivity index (χ0) is 13.1. The summed E-state index contributed by atoms with van der Waals surface area (Å²) in [4.78, 5) is 14.9. The monoisotopic (exact) mass is 243 g/mol. The fraction of sp³-hybridized carbons (Fsp3) is 0.0769. The summed E-state index contributed by atoms with van der Waals surface area (Å²) in [6.45, 7) is 1.84. The molecule has 0 saturated carbocycles. The third kappa shape index (κ3) is 2.57. The number of aryl methyl sites for hydroxylation is 1. The molecule has 1 heterocycles.